The molecule has 0 unspecified atom stereocenters. The van der Waals surface area contributed by atoms with E-state index in [0.717, 1.165) is 50.9 Å². The van der Waals surface area contributed by atoms with E-state index in [1.54, 1.807) is 36.4 Å². The van der Waals surface area contributed by atoms with Gasteiger partial charge in [-0.25, -0.2) is 12.8 Å². The van der Waals surface area contributed by atoms with Crippen LogP contribution in [0.5, 0.6) is 5.75 Å². The lowest BCUT2D eigenvalue weighted by molar-refractivity contribution is -0.143. The van der Waals surface area contributed by atoms with E-state index < -0.39 is 21.8 Å². The van der Waals surface area contributed by atoms with Gasteiger partial charge < -0.3 is 14.7 Å². The van der Waals surface area contributed by atoms with E-state index >= 15 is 0 Å². The number of benzene rings is 2. The Hall–Kier alpha value is -2.49. The van der Waals surface area contributed by atoms with E-state index in [1.807, 2.05) is 6.07 Å². The zero-order valence-corrected chi connectivity index (χ0v) is 24.1. The van der Waals surface area contributed by atoms with Crippen LogP contribution in [0.25, 0.3) is 0 Å². The highest BCUT2D eigenvalue weighted by Gasteiger charge is 2.42. The van der Waals surface area contributed by atoms with Crippen LogP contribution in [-0.4, -0.2) is 80.9 Å². The molecule has 5 rings (SSSR count). The van der Waals surface area contributed by atoms with Crippen molar-refractivity contribution in [2.75, 3.05) is 45.6 Å². The second kappa shape index (κ2) is 12.6. The third-order valence-electron chi connectivity index (χ3n) is 9.12. The first kappa shape index (κ1) is 29.0. The Bertz CT molecular complexity index is 1280. The van der Waals surface area contributed by atoms with Crippen molar-refractivity contribution in [2.24, 2.45) is 17.8 Å². The molecule has 7 nitrogen and oxygen atoms in total. The van der Waals surface area contributed by atoms with Gasteiger partial charge in [0.05, 0.1) is 12.9 Å². The Labute approximate surface area is 237 Å². The zero-order valence-electron chi connectivity index (χ0n) is 23.3. The second-order valence-electron chi connectivity index (χ2n) is 11.9. The molecule has 3 atom stereocenters. The summed E-state index contributed by atoms with van der Waals surface area (Å²) in [5.74, 6) is 0.632. The van der Waals surface area contributed by atoms with Crippen LogP contribution < -0.4 is 4.74 Å². The fraction of sp³-hybridized carbons (Fsp3) is 0.581. The van der Waals surface area contributed by atoms with Crippen LogP contribution in [0.4, 0.5) is 4.39 Å². The van der Waals surface area contributed by atoms with Crippen LogP contribution in [0.3, 0.4) is 0 Å². The zero-order chi connectivity index (χ0) is 28.3. The molecule has 40 heavy (non-hydrogen) atoms. The van der Waals surface area contributed by atoms with Crippen molar-refractivity contribution < 1.29 is 27.4 Å². The lowest BCUT2D eigenvalue weighted by atomic mass is 9.87. The van der Waals surface area contributed by atoms with Gasteiger partial charge in [0.2, 0.25) is 0 Å². The first-order valence-electron chi connectivity index (χ1n) is 14.5. The van der Waals surface area contributed by atoms with Gasteiger partial charge in [0, 0.05) is 25.6 Å². The van der Waals surface area contributed by atoms with Gasteiger partial charge in [0.15, 0.2) is 9.84 Å². The molecule has 3 aliphatic rings. The summed E-state index contributed by atoms with van der Waals surface area (Å²) in [5, 5.41) is 10.00. The first-order chi connectivity index (χ1) is 19.2. The molecule has 2 heterocycles. The van der Waals surface area contributed by atoms with Crippen LogP contribution in [-0.2, 0) is 14.6 Å². The van der Waals surface area contributed by atoms with E-state index in [1.165, 1.54) is 13.2 Å². The Morgan fingerprint density at radius 3 is 2.48 bits per heavy atom. The standard InChI is InChI=1S/C31H41FN2O5S/c1-39-29-7-2-3-8-30(29)40(37,38)16-13-22-11-14-33(15-12-22)19-25-20-34(28(31(35)36)17-23-9-10-23)21-27(25)24-5-4-6-26(32)18-24/h2-8,18,22-23,25,27-28H,9-17,19-21H2,1H3,(H,35,36)/t25-,27+,28+/m0/s1. The van der Waals surface area contributed by atoms with Crippen molar-refractivity contribution in [3.05, 3.63) is 59.9 Å². The molecular formula is C31H41FN2O5S. The highest BCUT2D eigenvalue weighted by molar-refractivity contribution is 7.91. The molecule has 2 saturated heterocycles. The predicted octanol–water partition coefficient (Wildman–Crippen LogP) is 4.68. The summed E-state index contributed by atoms with van der Waals surface area (Å²) in [4.78, 5) is 17.0. The summed E-state index contributed by atoms with van der Waals surface area (Å²) in [6.07, 6.45) is 5.41. The summed E-state index contributed by atoms with van der Waals surface area (Å²) in [6.45, 7) is 3.93. The maximum absolute atomic E-state index is 14.2. The number of halogens is 1. The van der Waals surface area contributed by atoms with Gasteiger partial charge in [0.1, 0.15) is 22.5 Å². The van der Waals surface area contributed by atoms with Gasteiger partial charge in [-0.2, -0.15) is 0 Å². The number of rotatable bonds is 12. The van der Waals surface area contributed by atoms with Gasteiger partial charge in [-0.15, -0.1) is 0 Å². The highest BCUT2D eigenvalue weighted by Crippen LogP contribution is 2.40. The summed E-state index contributed by atoms with van der Waals surface area (Å²) in [6, 6.07) is 13.1. The minimum Gasteiger partial charge on any atom is -0.495 e. The summed E-state index contributed by atoms with van der Waals surface area (Å²) < 4.78 is 45.4. The van der Waals surface area contributed by atoms with Crippen LogP contribution in [0, 0.1) is 23.6 Å². The van der Waals surface area contributed by atoms with E-state index in [-0.39, 0.29) is 28.3 Å². The molecule has 2 aliphatic heterocycles. The van der Waals surface area contributed by atoms with E-state index in [4.69, 9.17) is 4.74 Å². The number of nitrogens with zero attached hydrogens (tertiary/aromatic N) is 2. The Morgan fingerprint density at radius 1 is 1.05 bits per heavy atom. The molecule has 0 bridgehead atoms. The Balaban J connectivity index is 1.19. The number of methoxy groups -OCH3 is 1. The van der Waals surface area contributed by atoms with Gasteiger partial charge >= 0.3 is 5.97 Å². The van der Waals surface area contributed by atoms with E-state index in [9.17, 15) is 22.7 Å². The van der Waals surface area contributed by atoms with Crippen molar-refractivity contribution >= 4 is 15.8 Å². The lowest BCUT2D eigenvalue weighted by Crippen LogP contribution is -2.42. The average molecular weight is 573 g/mol. The third-order valence-corrected chi connectivity index (χ3v) is 10.9. The number of hydrogen-bond donors (Lipinski definition) is 1. The fourth-order valence-corrected chi connectivity index (χ4v) is 8.24. The number of para-hydroxylation sites is 1. The normalized spacial score (nSPS) is 23.8. The monoisotopic (exact) mass is 572 g/mol. The minimum absolute atomic E-state index is 0.0838. The molecule has 1 aliphatic carbocycles. The molecule has 0 amide bonds. The molecule has 218 valence electrons. The van der Waals surface area contributed by atoms with Crippen LogP contribution in [0.2, 0.25) is 0 Å². The molecule has 2 aromatic rings. The number of carbonyl (C=O) groups is 1. The molecule has 0 radical (unpaired) electrons. The number of sulfone groups is 1. The van der Waals surface area contributed by atoms with Crippen LogP contribution in [0.15, 0.2) is 53.4 Å². The molecule has 9 heteroatoms. The van der Waals surface area contributed by atoms with Gasteiger partial charge in [0.25, 0.3) is 0 Å². The van der Waals surface area contributed by atoms with Gasteiger partial charge in [-0.05, 0) is 86.4 Å². The molecule has 1 saturated carbocycles. The van der Waals surface area contributed by atoms with Crippen LogP contribution >= 0.6 is 0 Å². The first-order valence-corrected chi connectivity index (χ1v) is 16.2. The van der Waals surface area contributed by atoms with Crippen molar-refractivity contribution in [1.82, 2.24) is 9.80 Å². The fourth-order valence-electron chi connectivity index (χ4n) is 6.63. The predicted molar refractivity (Wildman–Crippen MR) is 152 cm³/mol. The molecule has 0 spiro atoms. The molecule has 0 aromatic heterocycles. The molecule has 3 fully saturated rings. The Kier molecular flexibility index (Phi) is 9.12. The van der Waals surface area contributed by atoms with Crippen molar-refractivity contribution in [3.63, 3.8) is 0 Å². The van der Waals surface area contributed by atoms with E-state index in [0.29, 0.717) is 43.5 Å². The van der Waals surface area contributed by atoms with Crippen LogP contribution in [0.1, 0.15) is 50.0 Å². The van der Waals surface area contributed by atoms with E-state index in [2.05, 4.69) is 9.80 Å². The van der Waals surface area contributed by atoms with Gasteiger partial charge in [-0.3, -0.25) is 9.69 Å². The smallest absolute Gasteiger partial charge is 0.320 e. The number of likely N-dealkylation sites (tertiary alicyclic amines) is 2. The maximum Gasteiger partial charge on any atom is 0.320 e. The number of carboxylic acid groups (broad SMARTS) is 1. The highest BCUT2D eigenvalue weighted by atomic mass is 32.2. The van der Waals surface area contributed by atoms with Crippen molar-refractivity contribution in [1.29, 1.82) is 0 Å². The maximum atomic E-state index is 14.2. The number of piperidine rings is 1. The number of hydrogen-bond acceptors (Lipinski definition) is 6. The molecular weight excluding hydrogens is 531 g/mol. The molecule has 1 N–H and O–H groups in total. The average Bonchev–Trinajstić information content (AvgIpc) is 3.68. The van der Waals surface area contributed by atoms with Crippen molar-refractivity contribution in [3.8, 4) is 5.75 Å². The quantitative estimate of drug-likeness (QED) is 0.395. The lowest BCUT2D eigenvalue weighted by Gasteiger charge is -2.35. The third kappa shape index (κ3) is 7.04. The topological polar surface area (TPSA) is 87.2 Å². The number of aliphatic carboxylic acids is 1. The second-order valence-corrected chi connectivity index (χ2v) is 14.0. The largest absolute Gasteiger partial charge is 0.495 e. The summed E-state index contributed by atoms with van der Waals surface area (Å²) in [5.41, 5.74) is 0.944. The van der Waals surface area contributed by atoms with Crippen molar-refractivity contribution in [2.45, 2.75) is 55.4 Å². The summed E-state index contributed by atoms with van der Waals surface area (Å²) >= 11 is 0. The summed E-state index contributed by atoms with van der Waals surface area (Å²) in [7, 11) is -1.94. The number of ether oxygens (including phenoxy) is 1. The number of carboxylic acids is 1. The van der Waals surface area contributed by atoms with Gasteiger partial charge in [-0.1, -0.05) is 37.1 Å². The minimum atomic E-state index is -3.42. The SMILES string of the molecule is COc1ccccc1S(=O)(=O)CCC1CCN(C[C@H]2CN([C@H](CC3CC3)C(=O)O)C[C@@H]2c2cccc(F)c2)CC1. The Morgan fingerprint density at radius 2 is 1.80 bits per heavy atom. The molecule has 2 aromatic carbocycles.